The lowest BCUT2D eigenvalue weighted by Crippen LogP contribution is -2.32. The fourth-order valence-electron chi connectivity index (χ4n) is 3.36. The van der Waals surface area contributed by atoms with Gasteiger partial charge in [0.05, 0.1) is 0 Å². The molecule has 2 rings (SSSR count). The van der Waals surface area contributed by atoms with Crippen LogP contribution in [0, 0.1) is 11.3 Å². The molecule has 0 bridgehead atoms. The predicted octanol–water partition coefficient (Wildman–Crippen LogP) is 3.98. The average molecular weight is 187 g/mol. The van der Waals surface area contributed by atoms with Gasteiger partial charge in [-0.1, -0.05) is 25.7 Å². The van der Waals surface area contributed by atoms with Gasteiger partial charge in [0.25, 0.3) is 0 Å². The van der Waals surface area contributed by atoms with Crippen LogP contribution in [0.3, 0.4) is 0 Å². The van der Waals surface area contributed by atoms with Crippen LogP contribution in [0.4, 0.5) is 0 Å². The van der Waals surface area contributed by atoms with Crippen LogP contribution < -0.4 is 0 Å². The Morgan fingerprint density at radius 1 is 1.00 bits per heavy atom. The van der Waals surface area contributed by atoms with E-state index in [1.165, 1.54) is 51.4 Å². The molecule has 0 amide bonds. The minimum atomic E-state index is 0.708. The molecule has 0 N–H and O–H groups in total. The second-order valence-electron chi connectivity index (χ2n) is 4.67. The molecule has 0 aromatic heterocycles. The molecule has 0 aromatic carbocycles. The standard InChI is InChI=1S/C11H19Cl/c12-9-10-5-1-2-6-11(10)7-3-4-8-11/h10H,1-9H2. The third-order valence-corrected chi connectivity index (χ3v) is 4.50. The van der Waals surface area contributed by atoms with Gasteiger partial charge in [-0.15, -0.1) is 11.6 Å². The second kappa shape index (κ2) is 3.57. The van der Waals surface area contributed by atoms with Crippen molar-refractivity contribution < 1.29 is 0 Å². The van der Waals surface area contributed by atoms with E-state index in [9.17, 15) is 0 Å². The Morgan fingerprint density at radius 2 is 1.58 bits per heavy atom. The first-order valence-electron chi connectivity index (χ1n) is 5.43. The van der Waals surface area contributed by atoms with Crippen LogP contribution in [0.25, 0.3) is 0 Å². The van der Waals surface area contributed by atoms with E-state index in [-0.39, 0.29) is 0 Å². The van der Waals surface area contributed by atoms with Gasteiger partial charge in [-0.3, -0.25) is 0 Å². The van der Waals surface area contributed by atoms with E-state index in [0.717, 1.165) is 11.8 Å². The fourth-order valence-corrected chi connectivity index (χ4v) is 3.84. The van der Waals surface area contributed by atoms with Gasteiger partial charge in [0, 0.05) is 5.88 Å². The summed E-state index contributed by atoms with van der Waals surface area (Å²) in [4.78, 5) is 0. The summed E-state index contributed by atoms with van der Waals surface area (Å²) in [5.74, 6) is 1.77. The molecule has 2 saturated carbocycles. The number of rotatable bonds is 1. The molecule has 0 aromatic rings. The maximum Gasteiger partial charge on any atom is 0.0257 e. The van der Waals surface area contributed by atoms with Gasteiger partial charge in [0.15, 0.2) is 0 Å². The summed E-state index contributed by atoms with van der Waals surface area (Å²) in [5.41, 5.74) is 0.708. The van der Waals surface area contributed by atoms with Crippen molar-refractivity contribution in [3.05, 3.63) is 0 Å². The molecule has 1 spiro atoms. The van der Waals surface area contributed by atoms with Crippen LogP contribution in [-0.4, -0.2) is 5.88 Å². The Balaban J connectivity index is 2.07. The van der Waals surface area contributed by atoms with E-state index in [1.807, 2.05) is 0 Å². The second-order valence-corrected chi connectivity index (χ2v) is 4.98. The van der Waals surface area contributed by atoms with Crippen molar-refractivity contribution in [2.45, 2.75) is 51.4 Å². The molecule has 0 saturated heterocycles. The van der Waals surface area contributed by atoms with Gasteiger partial charge < -0.3 is 0 Å². The minimum absolute atomic E-state index is 0.708. The van der Waals surface area contributed by atoms with Gasteiger partial charge in [0.1, 0.15) is 0 Å². The maximum absolute atomic E-state index is 6.05. The zero-order valence-electron chi connectivity index (χ0n) is 7.82. The molecule has 12 heavy (non-hydrogen) atoms. The van der Waals surface area contributed by atoms with Crippen LogP contribution in [-0.2, 0) is 0 Å². The lowest BCUT2D eigenvalue weighted by Gasteiger charge is -2.40. The summed E-state index contributed by atoms with van der Waals surface area (Å²) in [6.45, 7) is 0. The number of hydrogen-bond donors (Lipinski definition) is 0. The molecule has 0 nitrogen and oxygen atoms in total. The number of alkyl halides is 1. The maximum atomic E-state index is 6.05. The largest absolute Gasteiger partial charge is 0.126 e. The minimum Gasteiger partial charge on any atom is -0.126 e. The van der Waals surface area contributed by atoms with Gasteiger partial charge in [-0.2, -0.15) is 0 Å². The van der Waals surface area contributed by atoms with E-state index in [0.29, 0.717) is 5.41 Å². The van der Waals surface area contributed by atoms with Gasteiger partial charge in [-0.25, -0.2) is 0 Å². The third kappa shape index (κ3) is 1.39. The highest BCUT2D eigenvalue weighted by molar-refractivity contribution is 6.18. The third-order valence-electron chi connectivity index (χ3n) is 4.13. The highest BCUT2D eigenvalue weighted by Crippen LogP contribution is 2.52. The first kappa shape index (κ1) is 8.87. The smallest absolute Gasteiger partial charge is 0.0257 e. The van der Waals surface area contributed by atoms with Crippen LogP contribution in [0.15, 0.2) is 0 Å². The molecule has 2 fully saturated rings. The SMILES string of the molecule is ClCC1CCCCC12CCCC2. The van der Waals surface area contributed by atoms with Crippen molar-refractivity contribution in [2.24, 2.45) is 11.3 Å². The van der Waals surface area contributed by atoms with E-state index in [1.54, 1.807) is 0 Å². The molecule has 0 radical (unpaired) electrons. The number of hydrogen-bond acceptors (Lipinski definition) is 0. The molecule has 2 aliphatic carbocycles. The highest BCUT2D eigenvalue weighted by atomic mass is 35.5. The van der Waals surface area contributed by atoms with E-state index in [4.69, 9.17) is 11.6 Å². The summed E-state index contributed by atoms with van der Waals surface area (Å²) in [6.07, 6.45) is 11.7. The molecular formula is C11H19Cl. The quantitative estimate of drug-likeness (QED) is 0.544. The summed E-state index contributed by atoms with van der Waals surface area (Å²) < 4.78 is 0. The predicted molar refractivity (Wildman–Crippen MR) is 53.6 cm³/mol. The van der Waals surface area contributed by atoms with Gasteiger partial charge >= 0.3 is 0 Å². The molecule has 0 heterocycles. The molecule has 1 heteroatoms. The van der Waals surface area contributed by atoms with E-state index < -0.39 is 0 Å². The normalized spacial score (nSPS) is 34.2. The zero-order valence-corrected chi connectivity index (χ0v) is 8.58. The van der Waals surface area contributed by atoms with Crippen LogP contribution >= 0.6 is 11.6 Å². The Labute approximate surface area is 80.7 Å². The van der Waals surface area contributed by atoms with Crippen molar-refractivity contribution in [2.75, 3.05) is 5.88 Å². The van der Waals surface area contributed by atoms with Crippen LogP contribution in [0.1, 0.15) is 51.4 Å². The zero-order chi connectivity index (χ0) is 8.44. The summed E-state index contributed by atoms with van der Waals surface area (Å²) in [5, 5.41) is 0. The number of halogens is 1. The van der Waals surface area contributed by atoms with Crippen molar-refractivity contribution in [3.63, 3.8) is 0 Å². The van der Waals surface area contributed by atoms with Crippen LogP contribution in [0.2, 0.25) is 0 Å². The lowest BCUT2D eigenvalue weighted by molar-refractivity contribution is 0.118. The first-order valence-corrected chi connectivity index (χ1v) is 5.97. The molecule has 1 atom stereocenters. The monoisotopic (exact) mass is 186 g/mol. The first-order chi connectivity index (χ1) is 5.87. The molecular weight excluding hydrogens is 168 g/mol. The van der Waals surface area contributed by atoms with E-state index in [2.05, 4.69) is 0 Å². The summed E-state index contributed by atoms with van der Waals surface area (Å²) in [7, 11) is 0. The van der Waals surface area contributed by atoms with Crippen LogP contribution in [0.5, 0.6) is 0 Å². The molecule has 1 unspecified atom stereocenters. The van der Waals surface area contributed by atoms with Gasteiger partial charge in [0.2, 0.25) is 0 Å². The van der Waals surface area contributed by atoms with Gasteiger partial charge in [-0.05, 0) is 37.0 Å². The Morgan fingerprint density at radius 3 is 2.17 bits per heavy atom. The summed E-state index contributed by atoms with van der Waals surface area (Å²) in [6, 6.07) is 0. The van der Waals surface area contributed by atoms with Crippen molar-refractivity contribution in [1.29, 1.82) is 0 Å². The molecule has 0 aliphatic heterocycles. The Hall–Kier alpha value is 0.290. The van der Waals surface area contributed by atoms with Crippen molar-refractivity contribution in [3.8, 4) is 0 Å². The van der Waals surface area contributed by atoms with Crippen molar-refractivity contribution in [1.82, 2.24) is 0 Å². The highest BCUT2D eigenvalue weighted by Gasteiger charge is 2.41. The Bertz CT molecular complexity index is 147. The molecule has 70 valence electrons. The molecule has 2 aliphatic rings. The summed E-state index contributed by atoms with van der Waals surface area (Å²) >= 11 is 6.05. The van der Waals surface area contributed by atoms with Crippen molar-refractivity contribution >= 4 is 11.6 Å². The lowest BCUT2D eigenvalue weighted by atomic mass is 9.66. The fraction of sp³-hybridized carbons (Fsp3) is 1.00. The average Bonchev–Trinajstić information content (AvgIpc) is 2.55. The Kier molecular flexibility index (Phi) is 2.64. The topological polar surface area (TPSA) is 0 Å². The van der Waals surface area contributed by atoms with E-state index >= 15 is 0 Å².